The van der Waals surface area contributed by atoms with E-state index in [0.717, 1.165) is 28.8 Å². The number of ketones is 1. The highest BCUT2D eigenvalue weighted by atomic mass is 19.4. The molecule has 166 valence electrons. The molecule has 1 aliphatic rings. The van der Waals surface area contributed by atoms with Gasteiger partial charge in [0.1, 0.15) is 0 Å². The first-order valence-corrected chi connectivity index (χ1v) is 10.1. The Morgan fingerprint density at radius 1 is 0.758 bits per heavy atom. The van der Waals surface area contributed by atoms with Crippen LogP contribution in [0, 0.1) is 6.92 Å². The highest BCUT2D eigenvalue weighted by molar-refractivity contribution is 6.11. The molecule has 0 radical (unpaired) electrons. The molecule has 0 saturated heterocycles. The average Bonchev–Trinajstić information content (AvgIpc) is 2.91. The van der Waals surface area contributed by atoms with Crippen LogP contribution in [0.4, 0.5) is 13.2 Å². The second-order valence-electron chi connectivity index (χ2n) is 7.49. The molecule has 0 atom stereocenters. The van der Waals surface area contributed by atoms with Crippen LogP contribution in [-0.2, 0) is 11.0 Å². The van der Waals surface area contributed by atoms with E-state index in [9.17, 15) is 18.0 Å². The minimum absolute atomic E-state index is 0.0297. The molecule has 0 bridgehead atoms. The van der Waals surface area contributed by atoms with Crippen molar-refractivity contribution in [1.82, 2.24) is 0 Å². The minimum atomic E-state index is -4.44. The number of hydrogen-bond donors (Lipinski definition) is 0. The van der Waals surface area contributed by atoms with E-state index < -0.39 is 17.5 Å². The SMILES string of the molecule is C=Cc1ccc(/C=C2\Oc3ccc(C)cc3O/C(=C\c3ccc(C(F)(F)F)cc3)C2=O)cc1. The fourth-order valence-electron chi connectivity index (χ4n) is 3.22. The standard InChI is InChI=1S/C27H19F3O3/c1-3-18-5-7-19(8-6-18)15-24-26(31)25(33-23-14-17(2)4-13-22(23)32-24)16-20-9-11-21(12-10-20)27(28,29)30/h3-16H,1H2,2H3/b24-15-,25-16-. The number of ether oxygens (including phenoxy) is 2. The number of carbonyl (C=O) groups excluding carboxylic acids is 1. The number of Topliss-reactive ketones (excluding diaryl/α,β-unsaturated/α-hetero) is 1. The number of rotatable bonds is 3. The van der Waals surface area contributed by atoms with Crippen LogP contribution in [0.25, 0.3) is 18.2 Å². The van der Waals surface area contributed by atoms with E-state index >= 15 is 0 Å². The number of carbonyl (C=O) groups is 1. The smallest absolute Gasteiger partial charge is 0.416 e. The first-order chi connectivity index (χ1) is 15.7. The molecule has 0 spiro atoms. The fraction of sp³-hybridized carbons (Fsp3) is 0.0741. The van der Waals surface area contributed by atoms with Gasteiger partial charge in [0.15, 0.2) is 23.0 Å². The highest BCUT2D eigenvalue weighted by Gasteiger charge is 2.30. The van der Waals surface area contributed by atoms with Gasteiger partial charge in [-0.25, -0.2) is 0 Å². The maximum Gasteiger partial charge on any atom is 0.416 e. The van der Waals surface area contributed by atoms with Crippen LogP contribution in [0.1, 0.15) is 27.8 Å². The molecule has 0 unspecified atom stereocenters. The maximum absolute atomic E-state index is 13.3. The Bertz CT molecular complexity index is 1270. The topological polar surface area (TPSA) is 35.5 Å². The van der Waals surface area contributed by atoms with Crippen molar-refractivity contribution in [2.45, 2.75) is 13.1 Å². The van der Waals surface area contributed by atoms with Crippen molar-refractivity contribution in [3.05, 3.63) is 113 Å². The molecule has 33 heavy (non-hydrogen) atoms. The van der Waals surface area contributed by atoms with Gasteiger partial charge in [-0.3, -0.25) is 4.79 Å². The summed E-state index contributed by atoms with van der Waals surface area (Å²) in [6, 6.07) is 17.1. The third-order valence-corrected chi connectivity index (χ3v) is 4.99. The van der Waals surface area contributed by atoms with Gasteiger partial charge in [0.25, 0.3) is 5.78 Å². The van der Waals surface area contributed by atoms with Crippen molar-refractivity contribution >= 4 is 24.0 Å². The van der Waals surface area contributed by atoms with Gasteiger partial charge in [-0.15, -0.1) is 0 Å². The van der Waals surface area contributed by atoms with E-state index in [1.165, 1.54) is 18.2 Å². The average molecular weight is 448 g/mol. The van der Waals surface area contributed by atoms with Crippen molar-refractivity contribution < 1.29 is 27.4 Å². The highest BCUT2D eigenvalue weighted by Crippen LogP contribution is 2.36. The maximum atomic E-state index is 13.3. The number of halogens is 3. The van der Waals surface area contributed by atoms with Gasteiger partial charge < -0.3 is 9.47 Å². The minimum Gasteiger partial charge on any atom is -0.449 e. The van der Waals surface area contributed by atoms with Crippen molar-refractivity contribution in [2.75, 3.05) is 0 Å². The largest absolute Gasteiger partial charge is 0.449 e. The molecule has 4 rings (SSSR count). The van der Waals surface area contributed by atoms with Gasteiger partial charge in [-0.05, 0) is 65.6 Å². The molecule has 1 heterocycles. The van der Waals surface area contributed by atoms with Crippen LogP contribution in [-0.4, -0.2) is 5.78 Å². The Morgan fingerprint density at radius 2 is 1.27 bits per heavy atom. The van der Waals surface area contributed by atoms with Crippen molar-refractivity contribution in [1.29, 1.82) is 0 Å². The van der Waals surface area contributed by atoms with Gasteiger partial charge in [-0.1, -0.05) is 55.1 Å². The molecule has 0 saturated carbocycles. The summed E-state index contributed by atoms with van der Waals surface area (Å²) in [6.07, 6.45) is 0.259. The lowest BCUT2D eigenvalue weighted by Gasteiger charge is -2.08. The first kappa shape index (κ1) is 22.1. The van der Waals surface area contributed by atoms with Crippen molar-refractivity contribution in [2.24, 2.45) is 0 Å². The summed E-state index contributed by atoms with van der Waals surface area (Å²) in [7, 11) is 0. The molecular formula is C27H19F3O3. The molecule has 0 aromatic heterocycles. The Kier molecular flexibility index (Phi) is 5.92. The normalized spacial score (nSPS) is 16.1. The van der Waals surface area contributed by atoms with E-state index in [1.807, 2.05) is 37.3 Å². The zero-order valence-corrected chi connectivity index (χ0v) is 17.6. The van der Waals surface area contributed by atoms with Crippen LogP contribution in [0.3, 0.4) is 0 Å². The first-order valence-electron chi connectivity index (χ1n) is 10.1. The van der Waals surface area contributed by atoms with Gasteiger partial charge in [-0.2, -0.15) is 13.2 Å². The molecule has 0 aliphatic carbocycles. The molecule has 3 nitrogen and oxygen atoms in total. The second kappa shape index (κ2) is 8.82. The second-order valence-corrected chi connectivity index (χ2v) is 7.49. The van der Waals surface area contributed by atoms with Gasteiger partial charge >= 0.3 is 6.18 Å². The number of aryl methyl sites for hydroxylation is 1. The molecule has 0 amide bonds. The van der Waals surface area contributed by atoms with Crippen LogP contribution >= 0.6 is 0 Å². The van der Waals surface area contributed by atoms with Crippen LogP contribution in [0.5, 0.6) is 11.5 Å². The van der Waals surface area contributed by atoms with E-state index in [0.29, 0.717) is 17.1 Å². The van der Waals surface area contributed by atoms with E-state index in [2.05, 4.69) is 6.58 Å². The number of alkyl halides is 3. The number of fused-ring (bicyclic) bond motifs is 1. The van der Waals surface area contributed by atoms with Crippen LogP contribution < -0.4 is 9.47 Å². The third-order valence-electron chi connectivity index (χ3n) is 4.99. The lowest BCUT2D eigenvalue weighted by Crippen LogP contribution is -2.12. The fourth-order valence-corrected chi connectivity index (χ4v) is 3.22. The van der Waals surface area contributed by atoms with Crippen LogP contribution in [0.15, 0.2) is 84.8 Å². The lowest BCUT2D eigenvalue weighted by atomic mass is 10.1. The summed E-state index contributed by atoms with van der Waals surface area (Å²) < 4.78 is 50.4. The van der Waals surface area contributed by atoms with E-state index in [4.69, 9.17) is 9.47 Å². The zero-order chi connectivity index (χ0) is 23.6. The Labute approximate surface area is 189 Å². The van der Waals surface area contributed by atoms with Crippen LogP contribution in [0.2, 0.25) is 0 Å². The summed E-state index contributed by atoms with van der Waals surface area (Å²) in [5.74, 6) is 0.136. The Balaban J connectivity index is 1.77. The predicted molar refractivity (Wildman–Crippen MR) is 121 cm³/mol. The third kappa shape index (κ3) is 5.06. The van der Waals surface area contributed by atoms with Gasteiger partial charge in [0, 0.05) is 0 Å². The van der Waals surface area contributed by atoms with Crippen molar-refractivity contribution in [3.8, 4) is 11.5 Å². The van der Waals surface area contributed by atoms with E-state index in [-0.39, 0.29) is 11.5 Å². The molecule has 3 aromatic carbocycles. The quantitative estimate of drug-likeness (QED) is 0.402. The van der Waals surface area contributed by atoms with Gasteiger partial charge in [0.2, 0.25) is 0 Å². The molecular weight excluding hydrogens is 429 g/mol. The van der Waals surface area contributed by atoms with Gasteiger partial charge in [0.05, 0.1) is 5.56 Å². The van der Waals surface area contributed by atoms with Crippen molar-refractivity contribution in [3.63, 3.8) is 0 Å². The number of benzene rings is 3. The monoisotopic (exact) mass is 448 g/mol. The molecule has 0 N–H and O–H groups in total. The summed E-state index contributed by atoms with van der Waals surface area (Å²) in [4.78, 5) is 13.3. The molecule has 6 heteroatoms. The number of hydrogen-bond acceptors (Lipinski definition) is 3. The lowest BCUT2D eigenvalue weighted by molar-refractivity contribution is -0.137. The Hall–Kier alpha value is -4.06. The summed E-state index contributed by atoms with van der Waals surface area (Å²) in [6.45, 7) is 5.59. The molecule has 3 aromatic rings. The summed E-state index contributed by atoms with van der Waals surface area (Å²) in [5, 5.41) is 0. The summed E-state index contributed by atoms with van der Waals surface area (Å²) >= 11 is 0. The predicted octanol–water partition coefficient (Wildman–Crippen LogP) is 7.08. The Morgan fingerprint density at radius 3 is 1.82 bits per heavy atom. The zero-order valence-electron chi connectivity index (χ0n) is 17.6. The molecule has 0 fully saturated rings. The molecule has 1 aliphatic heterocycles. The van der Waals surface area contributed by atoms with E-state index in [1.54, 1.807) is 24.3 Å². The summed E-state index contributed by atoms with van der Waals surface area (Å²) in [5.41, 5.74) is 2.17.